The molecule has 5 nitrogen and oxygen atoms in total. The summed E-state index contributed by atoms with van der Waals surface area (Å²) in [4.78, 5) is 14.2. The maximum atomic E-state index is 12.4. The maximum absolute atomic E-state index is 12.4. The maximum Gasteiger partial charge on any atom is 0.264 e. The van der Waals surface area contributed by atoms with Gasteiger partial charge in [0.15, 0.2) is 18.1 Å². The molecule has 1 aromatic carbocycles. The molecule has 0 N–H and O–H groups in total. The van der Waals surface area contributed by atoms with Gasteiger partial charge < -0.3 is 14.4 Å². The Balaban J connectivity index is 2.03. The third-order valence-electron chi connectivity index (χ3n) is 3.87. The average Bonchev–Trinajstić information content (AvgIpc) is 2.61. The van der Waals surface area contributed by atoms with Crippen molar-refractivity contribution in [2.45, 2.75) is 32.6 Å². The zero-order valence-electron chi connectivity index (χ0n) is 13.7. The molecule has 122 valence electrons. The van der Waals surface area contributed by atoms with E-state index in [2.05, 4.69) is 6.08 Å². The summed E-state index contributed by atoms with van der Waals surface area (Å²) in [6.45, 7) is 2.56. The molecule has 0 unspecified atom stereocenters. The van der Waals surface area contributed by atoms with Crippen LogP contribution in [0.1, 0.15) is 38.2 Å². The second-order valence-corrected chi connectivity index (χ2v) is 5.35. The molecule has 0 heterocycles. The predicted octanol–water partition coefficient (Wildman–Crippen LogP) is 3.25. The summed E-state index contributed by atoms with van der Waals surface area (Å²) in [6, 6.07) is 6.94. The van der Waals surface area contributed by atoms with Crippen molar-refractivity contribution in [1.82, 2.24) is 4.90 Å². The summed E-state index contributed by atoms with van der Waals surface area (Å²) in [5.74, 6) is 0.859. The summed E-state index contributed by atoms with van der Waals surface area (Å²) < 4.78 is 10.8. The Labute approximate surface area is 137 Å². The highest BCUT2D eigenvalue weighted by Crippen LogP contribution is 2.28. The average molecular weight is 314 g/mol. The van der Waals surface area contributed by atoms with Crippen molar-refractivity contribution in [2.75, 3.05) is 20.3 Å². The number of methoxy groups -OCH3 is 1. The lowest BCUT2D eigenvalue weighted by atomic mass is 10.0. The van der Waals surface area contributed by atoms with E-state index in [1.807, 2.05) is 13.0 Å². The van der Waals surface area contributed by atoms with E-state index in [4.69, 9.17) is 14.7 Å². The fraction of sp³-hybridized carbons (Fsp3) is 0.444. The summed E-state index contributed by atoms with van der Waals surface area (Å²) in [6.07, 6.45) is 6.43. The molecule has 1 aliphatic carbocycles. The highest BCUT2D eigenvalue weighted by atomic mass is 16.5. The van der Waals surface area contributed by atoms with E-state index in [-0.39, 0.29) is 12.5 Å². The Bertz CT molecular complexity index is 632. The zero-order valence-corrected chi connectivity index (χ0v) is 13.7. The quantitative estimate of drug-likeness (QED) is 0.808. The number of carbonyl (C=O) groups excluding carboxylic acids is 1. The molecule has 0 fully saturated rings. The van der Waals surface area contributed by atoms with Crippen molar-refractivity contribution in [2.24, 2.45) is 0 Å². The van der Waals surface area contributed by atoms with E-state index < -0.39 is 0 Å². The van der Waals surface area contributed by atoms with Crippen molar-refractivity contribution >= 4 is 5.91 Å². The van der Waals surface area contributed by atoms with Crippen LogP contribution in [0.3, 0.4) is 0 Å². The smallest absolute Gasteiger partial charge is 0.264 e. The fourth-order valence-corrected chi connectivity index (χ4v) is 2.68. The topological polar surface area (TPSA) is 62.6 Å². The molecular weight excluding hydrogens is 292 g/mol. The van der Waals surface area contributed by atoms with Gasteiger partial charge >= 0.3 is 0 Å². The molecule has 0 aromatic heterocycles. The van der Waals surface area contributed by atoms with Crippen LogP contribution in [-0.4, -0.2) is 31.1 Å². The number of likely N-dealkylation sites (N-methyl/N-ethyl adjacent to an activating group) is 1. The van der Waals surface area contributed by atoms with E-state index in [9.17, 15) is 4.79 Å². The van der Waals surface area contributed by atoms with Crippen LogP contribution < -0.4 is 9.47 Å². The minimum atomic E-state index is -0.0629. The zero-order chi connectivity index (χ0) is 16.7. The molecule has 1 amide bonds. The van der Waals surface area contributed by atoms with Crippen molar-refractivity contribution in [1.29, 1.82) is 5.26 Å². The molecule has 0 saturated heterocycles. The summed E-state index contributed by atoms with van der Waals surface area (Å²) in [7, 11) is 1.51. The van der Waals surface area contributed by atoms with Gasteiger partial charge in [-0.15, -0.1) is 0 Å². The van der Waals surface area contributed by atoms with Gasteiger partial charge in [0.1, 0.15) is 0 Å². The number of benzene rings is 1. The number of allylic oxidation sites excluding steroid dienone is 2. The van der Waals surface area contributed by atoms with Crippen LogP contribution in [0.25, 0.3) is 0 Å². The standard InChI is InChI=1S/C18H22N2O3/c1-3-20(15-7-5-4-6-8-15)18(21)13-23-16-10-9-14(12-19)11-17(16)22-2/h7,9-11H,3-6,8,13H2,1-2H3. The minimum Gasteiger partial charge on any atom is -0.493 e. The molecule has 0 bridgehead atoms. The number of nitriles is 1. The van der Waals surface area contributed by atoms with Crippen LogP contribution in [0.5, 0.6) is 11.5 Å². The van der Waals surface area contributed by atoms with E-state index in [1.54, 1.807) is 23.1 Å². The largest absolute Gasteiger partial charge is 0.493 e. The monoisotopic (exact) mass is 314 g/mol. The SMILES string of the molecule is CCN(C(=O)COc1ccc(C#N)cc1OC)C1=CCCCC1. The lowest BCUT2D eigenvalue weighted by molar-refractivity contribution is -0.131. The first kappa shape index (κ1) is 16.9. The number of rotatable bonds is 6. The van der Waals surface area contributed by atoms with Crippen LogP contribution in [0.15, 0.2) is 30.0 Å². The van der Waals surface area contributed by atoms with E-state index in [0.717, 1.165) is 25.0 Å². The molecular formula is C18H22N2O3. The number of carbonyl (C=O) groups is 1. The molecule has 0 atom stereocenters. The van der Waals surface area contributed by atoms with Crippen molar-refractivity contribution < 1.29 is 14.3 Å². The normalized spacial score (nSPS) is 13.7. The molecule has 0 saturated carbocycles. The van der Waals surface area contributed by atoms with Gasteiger partial charge in [-0.2, -0.15) is 5.26 Å². The molecule has 5 heteroatoms. The summed E-state index contributed by atoms with van der Waals surface area (Å²) in [5.41, 5.74) is 1.59. The molecule has 0 radical (unpaired) electrons. The van der Waals surface area contributed by atoms with Crippen LogP contribution in [0.4, 0.5) is 0 Å². The van der Waals surface area contributed by atoms with Crippen molar-refractivity contribution in [3.63, 3.8) is 0 Å². The highest BCUT2D eigenvalue weighted by molar-refractivity contribution is 5.79. The van der Waals surface area contributed by atoms with Gasteiger partial charge in [-0.1, -0.05) is 6.08 Å². The van der Waals surface area contributed by atoms with Crippen LogP contribution in [0, 0.1) is 11.3 Å². The van der Waals surface area contributed by atoms with Crippen LogP contribution in [-0.2, 0) is 4.79 Å². The first-order valence-corrected chi connectivity index (χ1v) is 7.90. The molecule has 0 aliphatic heterocycles. The van der Waals surface area contributed by atoms with Gasteiger partial charge in [-0.25, -0.2) is 0 Å². The molecule has 23 heavy (non-hydrogen) atoms. The lowest BCUT2D eigenvalue weighted by Crippen LogP contribution is -2.34. The number of amides is 1. The second kappa shape index (κ2) is 8.23. The van der Waals surface area contributed by atoms with Crippen LogP contribution >= 0.6 is 0 Å². The Morgan fingerprint density at radius 3 is 2.78 bits per heavy atom. The van der Waals surface area contributed by atoms with Gasteiger partial charge in [-0.05, 0) is 44.7 Å². The van der Waals surface area contributed by atoms with E-state index >= 15 is 0 Å². The summed E-state index contributed by atoms with van der Waals surface area (Å²) >= 11 is 0. The Morgan fingerprint density at radius 2 is 2.17 bits per heavy atom. The highest BCUT2D eigenvalue weighted by Gasteiger charge is 2.19. The number of hydrogen-bond donors (Lipinski definition) is 0. The Morgan fingerprint density at radius 1 is 1.35 bits per heavy atom. The fourth-order valence-electron chi connectivity index (χ4n) is 2.68. The molecule has 1 aromatic rings. The third kappa shape index (κ3) is 4.26. The predicted molar refractivity (Wildman–Crippen MR) is 87.1 cm³/mol. The van der Waals surface area contributed by atoms with Gasteiger partial charge in [0.05, 0.1) is 18.7 Å². The number of hydrogen-bond acceptors (Lipinski definition) is 4. The number of nitrogens with zero attached hydrogens (tertiary/aromatic N) is 2. The van der Waals surface area contributed by atoms with Gasteiger partial charge in [0, 0.05) is 18.3 Å². The minimum absolute atomic E-state index is 0.0482. The Hall–Kier alpha value is -2.48. The number of ether oxygens (including phenoxy) is 2. The summed E-state index contributed by atoms with van der Waals surface area (Å²) in [5, 5.41) is 8.90. The molecule has 0 spiro atoms. The van der Waals surface area contributed by atoms with Crippen LogP contribution in [0.2, 0.25) is 0 Å². The lowest BCUT2D eigenvalue weighted by Gasteiger charge is -2.26. The van der Waals surface area contributed by atoms with Gasteiger partial charge in [0.25, 0.3) is 5.91 Å². The Kier molecular flexibility index (Phi) is 6.04. The van der Waals surface area contributed by atoms with Crippen molar-refractivity contribution in [3.05, 3.63) is 35.5 Å². The van der Waals surface area contributed by atoms with Crippen molar-refractivity contribution in [3.8, 4) is 17.6 Å². The van der Waals surface area contributed by atoms with E-state index in [1.165, 1.54) is 13.5 Å². The molecule has 2 rings (SSSR count). The molecule has 1 aliphatic rings. The first-order chi connectivity index (χ1) is 11.2. The van der Waals surface area contributed by atoms with Gasteiger partial charge in [0.2, 0.25) is 0 Å². The second-order valence-electron chi connectivity index (χ2n) is 5.35. The van der Waals surface area contributed by atoms with E-state index in [0.29, 0.717) is 23.6 Å². The third-order valence-corrected chi connectivity index (χ3v) is 3.87. The van der Waals surface area contributed by atoms with Gasteiger partial charge in [-0.3, -0.25) is 4.79 Å². The first-order valence-electron chi connectivity index (χ1n) is 7.90.